The van der Waals surface area contributed by atoms with Crippen LogP contribution in [0.25, 0.3) is 0 Å². The molecule has 1 aliphatic rings. The summed E-state index contributed by atoms with van der Waals surface area (Å²) in [6.07, 6.45) is 0. The van der Waals surface area contributed by atoms with Crippen molar-refractivity contribution in [3.05, 3.63) is 56.7 Å². The van der Waals surface area contributed by atoms with E-state index in [9.17, 15) is 4.79 Å². The molecule has 134 valence electrons. The molecule has 1 aromatic heterocycles. The molecule has 6 heteroatoms. The summed E-state index contributed by atoms with van der Waals surface area (Å²) in [6.45, 7) is 7.48. The molecule has 0 aliphatic carbocycles. The number of benzene rings is 1. The van der Waals surface area contributed by atoms with Gasteiger partial charge in [0.25, 0.3) is 0 Å². The lowest BCUT2D eigenvalue weighted by molar-refractivity contribution is -0.123. The molecule has 1 fully saturated rings. The van der Waals surface area contributed by atoms with Gasteiger partial charge in [-0.15, -0.1) is 11.3 Å². The first-order valence-electron chi connectivity index (χ1n) is 8.62. The maximum Gasteiger partial charge on any atom is 0.234 e. The van der Waals surface area contributed by atoms with E-state index in [0.717, 1.165) is 42.8 Å². The Bertz CT molecular complexity index is 666. The van der Waals surface area contributed by atoms with Gasteiger partial charge in [0, 0.05) is 42.1 Å². The lowest BCUT2D eigenvalue weighted by Gasteiger charge is -2.34. The van der Waals surface area contributed by atoms with E-state index in [1.165, 1.54) is 4.88 Å². The standard InChI is InChI=1S/C19H24BrN3OS/c1-15(16-4-6-17(20)7-5-16)21-19(24)14-23-10-8-22(9-11-23)13-18-3-2-12-25-18/h2-7,12,15H,8-11,13-14H2,1H3,(H,21,24)/t15-/m1/s1. The van der Waals surface area contributed by atoms with Crippen LogP contribution in [0.15, 0.2) is 46.3 Å². The first-order valence-corrected chi connectivity index (χ1v) is 10.3. The minimum atomic E-state index is 0.0284. The molecule has 25 heavy (non-hydrogen) atoms. The molecule has 2 heterocycles. The first kappa shape index (κ1) is 18.6. The Labute approximate surface area is 162 Å². The van der Waals surface area contributed by atoms with Crippen LogP contribution in [0.1, 0.15) is 23.4 Å². The molecular formula is C19H24BrN3OS. The van der Waals surface area contributed by atoms with Crippen molar-refractivity contribution in [1.29, 1.82) is 0 Å². The number of amides is 1. The molecule has 1 atom stereocenters. The Kier molecular flexibility index (Phi) is 6.64. The molecule has 1 saturated heterocycles. The van der Waals surface area contributed by atoms with Crippen molar-refractivity contribution >= 4 is 33.2 Å². The smallest absolute Gasteiger partial charge is 0.234 e. The second-order valence-electron chi connectivity index (χ2n) is 6.47. The number of hydrogen-bond donors (Lipinski definition) is 1. The molecule has 1 aliphatic heterocycles. The normalized spacial score (nSPS) is 17.4. The third kappa shape index (κ3) is 5.64. The molecule has 0 unspecified atom stereocenters. The zero-order valence-electron chi connectivity index (χ0n) is 14.5. The van der Waals surface area contributed by atoms with E-state index in [-0.39, 0.29) is 11.9 Å². The number of halogens is 1. The Balaban J connectivity index is 1.40. The fourth-order valence-corrected chi connectivity index (χ4v) is 4.06. The molecule has 0 bridgehead atoms. The maximum absolute atomic E-state index is 12.3. The van der Waals surface area contributed by atoms with Gasteiger partial charge in [-0.2, -0.15) is 0 Å². The number of rotatable bonds is 6. The van der Waals surface area contributed by atoms with Gasteiger partial charge < -0.3 is 5.32 Å². The van der Waals surface area contributed by atoms with Crippen molar-refractivity contribution in [2.75, 3.05) is 32.7 Å². The van der Waals surface area contributed by atoms with Gasteiger partial charge in [0.1, 0.15) is 0 Å². The zero-order valence-corrected chi connectivity index (χ0v) is 16.9. The van der Waals surface area contributed by atoms with Crippen LogP contribution in [0.4, 0.5) is 0 Å². The first-order chi connectivity index (χ1) is 12.1. The van der Waals surface area contributed by atoms with Gasteiger partial charge in [0.15, 0.2) is 0 Å². The predicted molar refractivity (Wildman–Crippen MR) is 107 cm³/mol. The number of nitrogens with one attached hydrogen (secondary N) is 1. The van der Waals surface area contributed by atoms with Crippen molar-refractivity contribution in [1.82, 2.24) is 15.1 Å². The van der Waals surface area contributed by atoms with Crippen molar-refractivity contribution in [3.8, 4) is 0 Å². The van der Waals surface area contributed by atoms with Crippen molar-refractivity contribution in [3.63, 3.8) is 0 Å². The van der Waals surface area contributed by atoms with Crippen molar-refractivity contribution < 1.29 is 4.79 Å². The molecule has 4 nitrogen and oxygen atoms in total. The van der Waals surface area contributed by atoms with Crippen LogP contribution in [-0.2, 0) is 11.3 Å². The number of nitrogens with zero attached hydrogens (tertiary/aromatic N) is 2. The monoisotopic (exact) mass is 421 g/mol. The van der Waals surface area contributed by atoms with Crippen LogP contribution in [0.5, 0.6) is 0 Å². The minimum absolute atomic E-state index is 0.0284. The van der Waals surface area contributed by atoms with Crippen LogP contribution in [-0.4, -0.2) is 48.4 Å². The fraction of sp³-hybridized carbons (Fsp3) is 0.421. The molecule has 1 aromatic carbocycles. The summed E-state index contributed by atoms with van der Waals surface area (Å²) in [5, 5.41) is 5.23. The van der Waals surface area contributed by atoms with Gasteiger partial charge in [0.05, 0.1) is 12.6 Å². The van der Waals surface area contributed by atoms with Crippen molar-refractivity contribution in [2.24, 2.45) is 0 Å². The SMILES string of the molecule is C[C@@H](NC(=O)CN1CCN(Cc2cccs2)CC1)c1ccc(Br)cc1. The van der Waals surface area contributed by atoms with E-state index in [1.807, 2.05) is 42.5 Å². The topological polar surface area (TPSA) is 35.6 Å². The largest absolute Gasteiger partial charge is 0.348 e. The van der Waals surface area contributed by atoms with Gasteiger partial charge in [0.2, 0.25) is 5.91 Å². The second-order valence-corrected chi connectivity index (χ2v) is 8.42. The van der Waals surface area contributed by atoms with Crippen molar-refractivity contribution in [2.45, 2.75) is 19.5 Å². The average molecular weight is 422 g/mol. The highest BCUT2D eigenvalue weighted by Crippen LogP contribution is 2.17. The molecule has 3 rings (SSSR count). The van der Waals surface area contributed by atoms with E-state index in [4.69, 9.17) is 0 Å². The molecule has 0 saturated carbocycles. The summed E-state index contributed by atoms with van der Waals surface area (Å²) >= 11 is 5.25. The van der Waals surface area contributed by atoms with E-state index < -0.39 is 0 Å². The third-order valence-corrected chi connectivity index (χ3v) is 5.93. The summed E-state index contributed by atoms with van der Waals surface area (Å²) in [4.78, 5) is 18.4. The highest BCUT2D eigenvalue weighted by Gasteiger charge is 2.20. The van der Waals surface area contributed by atoms with Crippen LogP contribution in [0.2, 0.25) is 0 Å². The lowest BCUT2D eigenvalue weighted by atomic mass is 10.1. The summed E-state index contributed by atoms with van der Waals surface area (Å²) < 4.78 is 1.05. The quantitative estimate of drug-likeness (QED) is 0.774. The lowest BCUT2D eigenvalue weighted by Crippen LogP contribution is -2.49. The van der Waals surface area contributed by atoms with Gasteiger partial charge in [-0.3, -0.25) is 14.6 Å². The third-order valence-electron chi connectivity index (χ3n) is 4.54. The predicted octanol–water partition coefficient (Wildman–Crippen LogP) is 3.51. The van der Waals surface area contributed by atoms with E-state index >= 15 is 0 Å². The van der Waals surface area contributed by atoms with Crippen LogP contribution in [0, 0.1) is 0 Å². The number of carbonyl (C=O) groups excluding carboxylic acids is 1. The molecular weight excluding hydrogens is 398 g/mol. The zero-order chi connectivity index (χ0) is 17.6. The minimum Gasteiger partial charge on any atom is -0.348 e. The number of thiophene rings is 1. The highest BCUT2D eigenvalue weighted by atomic mass is 79.9. The van der Waals surface area contributed by atoms with E-state index in [0.29, 0.717) is 6.54 Å². The summed E-state index contributed by atoms with van der Waals surface area (Å²) in [6, 6.07) is 12.4. The van der Waals surface area contributed by atoms with Crippen LogP contribution >= 0.6 is 27.3 Å². The Hall–Kier alpha value is -1.21. The Morgan fingerprint density at radius 1 is 1.16 bits per heavy atom. The Morgan fingerprint density at radius 2 is 1.84 bits per heavy atom. The van der Waals surface area contributed by atoms with E-state index in [1.54, 1.807) is 0 Å². The summed E-state index contributed by atoms with van der Waals surface area (Å²) in [7, 11) is 0. The van der Waals surface area contributed by atoms with Gasteiger partial charge in [-0.1, -0.05) is 34.1 Å². The molecule has 1 N–H and O–H groups in total. The number of carbonyl (C=O) groups is 1. The number of hydrogen-bond acceptors (Lipinski definition) is 4. The summed E-state index contributed by atoms with van der Waals surface area (Å²) in [5.41, 5.74) is 1.12. The molecule has 1 amide bonds. The fourth-order valence-electron chi connectivity index (χ4n) is 3.05. The van der Waals surface area contributed by atoms with Gasteiger partial charge in [-0.05, 0) is 36.1 Å². The van der Waals surface area contributed by atoms with Crippen LogP contribution in [0.3, 0.4) is 0 Å². The maximum atomic E-state index is 12.3. The van der Waals surface area contributed by atoms with Gasteiger partial charge in [-0.25, -0.2) is 0 Å². The van der Waals surface area contributed by atoms with E-state index in [2.05, 4.69) is 48.6 Å². The number of piperazine rings is 1. The average Bonchev–Trinajstić information content (AvgIpc) is 3.10. The highest BCUT2D eigenvalue weighted by molar-refractivity contribution is 9.10. The molecule has 0 radical (unpaired) electrons. The molecule has 2 aromatic rings. The van der Waals surface area contributed by atoms with Gasteiger partial charge >= 0.3 is 0 Å². The van der Waals surface area contributed by atoms with Crippen LogP contribution < -0.4 is 5.32 Å². The second kappa shape index (κ2) is 8.94. The molecule has 0 spiro atoms. The summed E-state index contributed by atoms with van der Waals surface area (Å²) in [5.74, 6) is 0.0992. The Morgan fingerprint density at radius 3 is 2.48 bits per heavy atom.